The van der Waals surface area contributed by atoms with Crippen LogP contribution >= 0.6 is 0 Å². The van der Waals surface area contributed by atoms with Crippen LogP contribution in [0.1, 0.15) is 27.8 Å². The molecule has 0 fully saturated rings. The van der Waals surface area contributed by atoms with Crippen LogP contribution in [0.4, 0.5) is 4.39 Å². The highest BCUT2D eigenvalue weighted by Gasteiger charge is 1.93. The second-order valence-electron chi connectivity index (χ2n) is 5.62. The third kappa shape index (κ3) is 4.76. The van der Waals surface area contributed by atoms with Gasteiger partial charge in [0.25, 0.3) is 0 Å². The van der Waals surface area contributed by atoms with Crippen LogP contribution in [0.3, 0.4) is 0 Å². The third-order valence-corrected chi connectivity index (χ3v) is 3.78. The fourth-order valence-electron chi connectivity index (χ4n) is 2.35. The maximum atomic E-state index is 12.9. The molecule has 0 saturated heterocycles. The number of rotatable bonds is 4. The van der Waals surface area contributed by atoms with Gasteiger partial charge in [-0.1, -0.05) is 72.8 Å². The Labute approximate surface area is 147 Å². The van der Waals surface area contributed by atoms with Crippen LogP contribution in [0.5, 0.6) is 0 Å². The predicted molar refractivity (Wildman–Crippen MR) is 102 cm³/mol. The van der Waals surface area contributed by atoms with Crippen LogP contribution in [0.2, 0.25) is 0 Å². The maximum Gasteiger partial charge on any atom is 0.123 e. The predicted octanol–water partition coefficient (Wildman–Crippen LogP) is 6.04. The summed E-state index contributed by atoms with van der Waals surface area (Å²) in [7, 11) is 0. The molecule has 0 radical (unpaired) electrons. The summed E-state index contributed by atoms with van der Waals surface area (Å²) in [4.78, 5) is 0. The normalized spacial score (nSPS) is 11.0. The number of benzene rings is 3. The monoisotopic (exact) mass is 325 g/mol. The van der Waals surface area contributed by atoms with Gasteiger partial charge >= 0.3 is 0 Å². The highest BCUT2D eigenvalue weighted by atomic mass is 19.1. The summed E-state index contributed by atoms with van der Waals surface area (Å²) < 4.78 is 12.9. The van der Waals surface area contributed by atoms with E-state index in [4.69, 9.17) is 5.26 Å². The number of hydrogen-bond donors (Lipinski definition) is 0. The largest absolute Gasteiger partial charge is 0.207 e. The smallest absolute Gasteiger partial charge is 0.123 e. The van der Waals surface area contributed by atoms with Gasteiger partial charge in [-0.25, -0.2) is 4.39 Å². The lowest BCUT2D eigenvalue weighted by Crippen LogP contribution is -1.77. The van der Waals surface area contributed by atoms with E-state index in [1.807, 2.05) is 72.8 Å². The molecular weight excluding hydrogens is 309 g/mol. The first kappa shape index (κ1) is 16.4. The van der Waals surface area contributed by atoms with E-state index >= 15 is 0 Å². The Kier molecular flexibility index (Phi) is 5.19. The molecule has 0 bridgehead atoms. The summed E-state index contributed by atoms with van der Waals surface area (Å²) in [5.74, 6) is -0.226. The zero-order chi connectivity index (χ0) is 17.5. The second-order valence-corrected chi connectivity index (χ2v) is 5.62. The van der Waals surface area contributed by atoms with Crippen LogP contribution in [0, 0.1) is 17.1 Å². The van der Waals surface area contributed by atoms with E-state index in [2.05, 4.69) is 6.07 Å². The van der Waals surface area contributed by atoms with E-state index in [9.17, 15) is 4.39 Å². The Hall–Kier alpha value is -3.44. The second kappa shape index (κ2) is 7.90. The number of nitrogens with zero attached hydrogens (tertiary/aromatic N) is 1. The molecule has 0 unspecified atom stereocenters. The first-order valence-corrected chi connectivity index (χ1v) is 7.95. The molecule has 0 aliphatic rings. The fraction of sp³-hybridized carbons (Fsp3) is 0. The average molecular weight is 325 g/mol. The van der Waals surface area contributed by atoms with Gasteiger partial charge in [-0.15, -0.1) is 0 Å². The van der Waals surface area contributed by atoms with Gasteiger partial charge in [0.05, 0.1) is 11.6 Å². The first-order valence-electron chi connectivity index (χ1n) is 7.95. The van der Waals surface area contributed by atoms with Crippen molar-refractivity contribution in [3.05, 3.63) is 106 Å². The van der Waals surface area contributed by atoms with Crippen molar-refractivity contribution in [3.63, 3.8) is 0 Å². The molecule has 0 aromatic heterocycles. The Morgan fingerprint density at radius 2 is 0.880 bits per heavy atom. The lowest BCUT2D eigenvalue weighted by atomic mass is 10.1. The molecule has 0 atom stereocenters. The molecule has 3 aromatic rings. The molecule has 1 nitrogen and oxygen atoms in total. The summed E-state index contributed by atoms with van der Waals surface area (Å²) in [5, 5.41) is 8.80. The number of nitriles is 1. The van der Waals surface area contributed by atoms with E-state index in [-0.39, 0.29) is 5.82 Å². The van der Waals surface area contributed by atoms with Gasteiger partial charge in [0, 0.05) is 0 Å². The Bertz CT molecular complexity index is 925. The zero-order valence-corrected chi connectivity index (χ0v) is 13.6. The SMILES string of the molecule is N#Cc1ccc(/C=C/c2ccc(/C=C/c3ccc(F)cc3)cc2)cc1. The minimum atomic E-state index is -0.226. The van der Waals surface area contributed by atoms with Gasteiger partial charge in [-0.2, -0.15) is 5.26 Å². The summed E-state index contributed by atoms with van der Waals surface area (Å²) in [6, 6.07) is 24.2. The highest BCUT2D eigenvalue weighted by Crippen LogP contribution is 2.13. The Morgan fingerprint density at radius 1 is 0.560 bits per heavy atom. The van der Waals surface area contributed by atoms with Crippen molar-refractivity contribution in [2.75, 3.05) is 0 Å². The molecule has 3 rings (SSSR count). The van der Waals surface area contributed by atoms with Crippen molar-refractivity contribution in [1.29, 1.82) is 5.26 Å². The molecule has 0 saturated carbocycles. The van der Waals surface area contributed by atoms with E-state index in [0.717, 1.165) is 22.3 Å². The van der Waals surface area contributed by atoms with Gasteiger partial charge in [-0.05, 0) is 46.5 Å². The quantitative estimate of drug-likeness (QED) is 0.537. The Morgan fingerprint density at radius 3 is 1.24 bits per heavy atom. The van der Waals surface area contributed by atoms with Gasteiger partial charge in [-0.3, -0.25) is 0 Å². The third-order valence-electron chi connectivity index (χ3n) is 3.78. The van der Waals surface area contributed by atoms with Crippen molar-refractivity contribution >= 4 is 24.3 Å². The van der Waals surface area contributed by atoms with E-state index in [1.165, 1.54) is 12.1 Å². The van der Waals surface area contributed by atoms with Crippen LogP contribution in [-0.2, 0) is 0 Å². The van der Waals surface area contributed by atoms with Crippen molar-refractivity contribution < 1.29 is 4.39 Å². The molecule has 0 N–H and O–H groups in total. The Balaban J connectivity index is 1.66. The average Bonchev–Trinajstić information content (AvgIpc) is 2.67. The highest BCUT2D eigenvalue weighted by molar-refractivity contribution is 5.73. The summed E-state index contributed by atoms with van der Waals surface area (Å²) in [6.07, 6.45) is 8.02. The molecule has 0 aliphatic heterocycles. The van der Waals surface area contributed by atoms with E-state index < -0.39 is 0 Å². The van der Waals surface area contributed by atoms with E-state index in [0.29, 0.717) is 5.56 Å². The number of hydrogen-bond acceptors (Lipinski definition) is 1. The topological polar surface area (TPSA) is 23.8 Å². The lowest BCUT2D eigenvalue weighted by Gasteiger charge is -1.98. The molecule has 25 heavy (non-hydrogen) atoms. The molecule has 0 aliphatic carbocycles. The van der Waals surface area contributed by atoms with Crippen molar-refractivity contribution in [1.82, 2.24) is 0 Å². The molecular formula is C23H16FN. The van der Waals surface area contributed by atoms with Crippen LogP contribution < -0.4 is 0 Å². The minimum absolute atomic E-state index is 0.226. The summed E-state index contributed by atoms with van der Waals surface area (Å²) >= 11 is 0. The molecule has 0 amide bonds. The fourth-order valence-corrected chi connectivity index (χ4v) is 2.35. The van der Waals surface area contributed by atoms with E-state index in [1.54, 1.807) is 12.1 Å². The minimum Gasteiger partial charge on any atom is -0.207 e. The molecule has 0 heterocycles. The first-order chi connectivity index (χ1) is 12.2. The zero-order valence-electron chi connectivity index (χ0n) is 13.6. The molecule has 2 heteroatoms. The number of halogens is 1. The standard InChI is InChI=1S/C23H16FN/c24-23-15-13-21(14-16-23)8-7-19-3-1-18(2-4-19)5-6-20-9-11-22(17-25)12-10-20/h1-16H/b6-5+,8-7+. The van der Waals surface area contributed by atoms with Gasteiger partial charge < -0.3 is 0 Å². The van der Waals surface area contributed by atoms with Crippen molar-refractivity contribution in [3.8, 4) is 6.07 Å². The molecule has 0 spiro atoms. The molecule has 3 aromatic carbocycles. The van der Waals surface area contributed by atoms with Gasteiger partial charge in [0.15, 0.2) is 0 Å². The summed E-state index contributed by atoms with van der Waals surface area (Å²) in [6.45, 7) is 0. The summed E-state index contributed by atoms with van der Waals surface area (Å²) in [5.41, 5.74) is 4.86. The maximum absolute atomic E-state index is 12.9. The van der Waals surface area contributed by atoms with Gasteiger partial charge in [0.1, 0.15) is 5.82 Å². The molecule has 120 valence electrons. The van der Waals surface area contributed by atoms with Crippen LogP contribution in [-0.4, -0.2) is 0 Å². The van der Waals surface area contributed by atoms with Crippen LogP contribution in [0.25, 0.3) is 24.3 Å². The lowest BCUT2D eigenvalue weighted by molar-refractivity contribution is 0.628. The van der Waals surface area contributed by atoms with Gasteiger partial charge in [0.2, 0.25) is 0 Å². The van der Waals surface area contributed by atoms with Crippen LogP contribution in [0.15, 0.2) is 72.8 Å². The van der Waals surface area contributed by atoms with Crippen molar-refractivity contribution in [2.45, 2.75) is 0 Å². The van der Waals surface area contributed by atoms with Crippen molar-refractivity contribution in [2.24, 2.45) is 0 Å².